The summed E-state index contributed by atoms with van der Waals surface area (Å²) in [5.74, 6) is 0. The molecule has 1 atom stereocenters. The molecule has 0 aliphatic heterocycles. The van der Waals surface area contributed by atoms with Gasteiger partial charge in [-0.1, -0.05) is 23.8 Å². The highest BCUT2D eigenvalue weighted by molar-refractivity contribution is 5.33. The molecule has 2 N–H and O–H groups in total. The van der Waals surface area contributed by atoms with Crippen LogP contribution >= 0.6 is 0 Å². The van der Waals surface area contributed by atoms with Crippen molar-refractivity contribution < 1.29 is 0 Å². The first-order valence-corrected chi connectivity index (χ1v) is 6.87. The summed E-state index contributed by atoms with van der Waals surface area (Å²) >= 11 is 0. The molecule has 0 amide bonds. The van der Waals surface area contributed by atoms with Crippen LogP contribution in [-0.2, 0) is 13.0 Å². The molecule has 102 valence electrons. The summed E-state index contributed by atoms with van der Waals surface area (Å²) in [5, 5.41) is 4.47. The molecule has 19 heavy (non-hydrogen) atoms. The zero-order valence-corrected chi connectivity index (χ0v) is 12.3. The van der Waals surface area contributed by atoms with Gasteiger partial charge in [0.25, 0.3) is 0 Å². The number of aryl methyl sites for hydroxylation is 4. The van der Waals surface area contributed by atoms with Crippen LogP contribution < -0.4 is 5.73 Å². The molecule has 0 bridgehead atoms. The SMILES string of the molecule is CCn1nc(C)cc1CC(N)c1ccc(C)cc1C. The normalized spacial score (nSPS) is 12.7. The number of benzene rings is 1. The van der Waals surface area contributed by atoms with Crippen molar-refractivity contribution in [3.63, 3.8) is 0 Å². The Morgan fingerprint density at radius 1 is 1.21 bits per heavy atom. The van der Waals surface area contributed by atoms with Crippen LogP contribution in [0, 0.1) is 20.8 Å². The maximum absolute atomic E-state index is 6.37. The molecular formula is C16H23N3. The van der Waals surface area contributed by atoms with Crippen molar-refractivity contribution in [1.29, 1.82) is 0 Å². The van der Waals surface area contributed by atoms with Crippen molar-refractivity contribution in [3.8, 4) is 0 Å². The molecule has 2 aromatic rings. The molecule has 2 rings (SSSR count). The topological polar surface area (TPSA) is 43.8 Å². The van der Waals surface area contributed by atoms with Crippen molar-refractivity contribution in [3.05, 3.63) is 52.3 Å². The van der Waals surface area contributed by atoms with E-state index in [1.165, 1.54) is 22.4 Å². The Bertz CT molecular complexity index is 569. The van der Waals surface area contributed by atoms with E-state index < -0.39 is 0 Å². The van der Waals surface area contributed by atoms with Gasteiger partial charge in [0.1, 0.15) is 0 Å². The van der Waals surface area contributed by atoms with Gasteiger partial charge in [0.15, 0.2) is 0 Å². The van der Waals surface area contributed by atoms with E-state index in [4.69, 9.17) is 5.73 Å². The summed E-state index contributed by atoms with van der Waals surface area (Å²) in [6.07, 6.45) is 0.832. The highest BCUT2D eigenvalue weighted by Crippen LogP contribution is 2.21. The second-order valence-electron chi connectivity index (χ2n) is 5.26. The molecular weight excluding hydrogens is 234 g/mol. The van der Waals surface area contributed by atoms with E-state index >= 15 is 0 Å². The van der Waals surface area contributed by atoms with E-state index in [1.807, 2.05) is 11.6 Å². The molecule has 1 unspecified atom stereocenters. The molecule has 3 nitrogen and oxygen atoms in total. The monoisotopic (exact) mass is 257 g/mol. The summed E-state index contributed by atoms with van der Waals surface area (Å²) in [5.41, 5.74) is 12.4. The van der Waals surface area contributed by atoms with Crippen LogP contribution in [-0.4, -0.2) is 9.78 Å². The highest BCUT2D eigenvalue weighted by atomic mass is 15.3. The average molecular weight is 257 g/mol. The minimum Gasteiger partial charge on any atom is -0.324 e. The number of nitrogens with two attached hydrogens (primary N) is 1. The average Bonchev–Trinajstić information content (AvgIpc) is 2.69. The first-order valence-electron chi connectivity index (χ1n) is 6.87. The molecule has 1 aromatic heterocycles. The van der Waals surface area contributed by atoms with Gasteiger partial charge in [-0.2, -0.15) is 5.10 Å². The Labute approximate surface area is 115 Å². The fourth-order valence-corrected chi connectivity index (χ4v) is 2.61. The van der Waals surface area contributed by atoms with E-state index in [1.54, 1.807) is 0 Å². The fourth-order valence-electron chi connectivity index (χ4n) is 2.61. The van der Waals surface area contributed by atoms with Gasteiger partial charge in [-0.25, -0.2) is 0 Å². The third kappa shape index (κ3) is 3.04. The summed E-state index contributed by atoms with van der Waals surface area (Å²) in [6.45, 7) is 9.27. The Balaban J connectivity index is 2.22. The van der Waals surface area contributed by atoms with Crippen molar-refractivity contribution in [1.82, 2.24) is 9.78 Å². The third-order valence-electron chi connectivity index (χ3n) is 3.54. The van der Waals surface area contributed by atoms with Gasteiger partial charge in [-0.3, -0.25) is 4.68 Å². The number of hydrogen-bond acceptors (Lipinski definition) is 2. The van der Waals surface area contributed by atoms with E-state index in [2.05, 4.69) is 50.1 Å². The Hall–Kier alpha value is -1.61. The quantitative estimate of drug-likeness (QED) is 0.914. The van der Waals surface area contributed by atoms with Gasteiger partial charge >= 0.3 is 0 Å². The molecule has 1 aromatic carbocycles. The van der Waals surface area contributed by atoms with Crippen LogP contribution in [0.5, 0.6) is 0 Å². The summed E-state index contributed by atoms with van der Waals surface area (Å²) < 4.78 is 2.04. The van der Waals surface area contributed by atoms with Gasteiger partial charge in [-0.05, 0) is 44.9 Å². The van der Waals surface area contributed by atoms with Gasteiger partial charge in [0.2, 0.25) is 0 Å². The smallest absolute Gasteiger partial charge is 0.0596 e. The van der Waals surface area contributed by atoms with E-state index in [9.17, 15) is 0 Å². The molecule has 0 aliphatic carbocycles. The largest absolute Gasteiger partial charge is 0.324 e. The van der Waals surface area contributed by atoms with Gasteiger partial charge in [0.05, 0.1) is 5.69 Å². The van der Waals surface area contributed by atoms with Crippen LogP contribution in [0.25, 0.3) is 0 Å². The van der Waals surface area contributed by atoms with E-state index in [0.29, 0.717) is 0 Å². The third-order valence-corrected chi connectivity index (χ3v) is 3.54. The van der Waals surface area contributed by atoms with Crippen LogP contribution in [0.2, 0.25) is 0 Å². The van der Waals surface area contributed by atoms with Crippen LogP contribution in [0.4, 0.5) is 0 Å². The molecule has 1 heterocycles. The maximum atomic E-state index is 6.37. The Kier molecular flexibility index (Phi) is 4.05. The molecule has 0 saturated carbocycles. The van der Waals surface area contributed by atoms with Crippen LogP contribution in [0.15, 0.2) is 24.3 Å². The zero-order valence-electron chi connectivity index (χ0n) is 12.3. The van der Waals surface area contributed by atoms with Crippen LogP contribution in [0.1, 0.15) is 41.0 Å². The lowest BCUT2D eigenvalue weighted by Crippen LogP contribution is -2.17. The molecule has 0 aliphatic rings. The lowest BCUT2D eigenvalue weighted by atomic mass is 9.96. The minimum atomic E-state index is 0.0296. The number of rotatable bonds is 4. The molecule has 0 spiro atoms. The minimum absolute atomic E-state index is 0.0296. The van der Waals surface area contributed by atoms with E-state index in [-0.39, 0.29) is 6.04 Å². The lowest BCUT2D eigenvalue weighted by Gasteiger charge is -2.16. The summed E-state index contributed by atoms with van der Waals surface area (Å²) in [4.78, 5) is 0. The van der Waals surface area contributed by atoms with Crippen molar-refractivity contribution in [2.24, 2.45) is 5.73 Å². The second kappa shape index (κ2) is 5.57. The van der Waals surface area contributed by atoms with Gasteiger partial charge in [-0.15, -0.1) is 0 Å². The summed E-state index contributed by atoms with van der Waals surface area (Å²) in [7, 11) is 0. The van der Waals surface area contributed by atoms with Crippen LogP contribution in [0.3, 0.4) is 0 Å². The first kappa shape index (κ1) is 13.8. The van der Waals surface area contributed by atoms with Crippen molar-refractivity contribution >= 4 is 0 Å². The highest BCUT2D eigenvalue weighted by Gasteiger charge is 2.13. The number of aromatic nitrogens is 2. The van der Waals surface area contributed by atoms with Gasteiger partial charge in [0, 0.05) is 24.7 Å². The fraction of sp³-hybridized carbons (Fsp3) is 0.438. The maximum Gasteiger partial charge on any atom is 0.0596 e. The first-order chi connectivity index (χ1) is 9.01. The molecule has 3 heteroatoms. The van der Waals surface area contributed by atoms with E-state index in [0.717, 1.165) is 18.7 Å². The standard InChI is InChI=1S/C16H23N3/c1-5-19-14(9-13(4)18-19)10-16(17)15-7-6-11(2)8-12(15)3/h6-9,16H,5,10,17H2,1-4H3. The molecule has 0 fully saturated rings. The molecule has 0 radical (unpaired) electrons. The van der Waals surface area contributed by atoms with Crippen molar-refractivity contribution in [2.75, 3.05) is 0 Å². The predicted octanol–water partition coefficient (Wildman–Crippen LogP) is 3.07. The number of hydrogen-bond donors (Lipinski definition) is 1. The lowest BCUT2D eigenvalue weighted by molar-refractivity contribution is 0.586. The molecule has 0 saturated heterocycles. The Morgan fingerprint density at radius 3 is 2.58 bits per heavy atom. The second-order valence-corrected chi connectivity index (χ2v) is 5.26. The van der Waals surface area contributed by atoms with Gasteiger partial charge < -0.3 is 5.73 Å². The zero-order chi connectivity index (χ0) is 14.0. The Morgan fingerprint density at radius 2 is 1.95 bits per heavy atom. The summed E-state index contributed by atoms with van der Waals surface area (Å²) in [6, 6.07) is 8.63. The predicted molar refractivity (Wildman–Crippen MR) is 79.2 cm³/mol. The number of nitrogens with zero attached hydrogens (tertiary/aromatic N) is 2. The van der Waals surface area contributed by atoms with Crippen molar-refractivity contribution in [2.45, 2.75) is 46.7 Å².